The molecule has 0 saturated carbocycles. The Balaban J connectivity index is 2.69. The topological polar surface area (TPSA) is 49.3 Å². The first-order valence-corrected chi connectivity index (χ1v) is 9.06. The molecule has 0 atom stereocenters. The Kier molecular flexibility index (Phi) is 8.64. The summed E-state index contributed by atoms with van der Waals surface area (Å²) in [7, 11) is 0. The zero-order valence-corrected chi connectivity index (χ0v) is 16.4. The van der Waals surface area contributed by atoms with E-state index in [0.29, 0.717) is 0 Å². The molecule has 1 aliphatic carbocycles. The smallest absolute Gasteiger partial charge is 0.244 e. The van der Waals surface area contributed by atoms with Crippen molar-refractivity contribution in [3.05, 3.63) is 58.7 Å². The number of carbonyl (C=O) groups excluding carboxylic acids is 1. The van der Waals surface area contributed by atoms with Crippen LogP contribution in [-0.2, 0) is 4.79 Å². The molecular formula is C22H33NO2. The van der Waals surface area contributed by atoms with Crippen molar-refractivity contribution in [1.29, 1.82) is 0 Å². The largest absolute Gasteiger partial charge is 0.395 e. The fourth-order valence-corrected chi connectivity index (χ4v) is 3.12. The van der Waals surface area contributed by atoms with Crippen molar-refractivity contribution in [1.82, 2.24) is 5.32 Å². The maximum atomic E-state index is 11.5. The van der Waals surface area contributed by atoms with Crippen molar-refractivity contribution in [3.8, 4) is 0 Å². The Morgan fingerprint density at radius 2 is 1.96 bits per heavy atom. The lowest BCUT2D eigenvalue weighted by Gasteiger charge is -2.32. The van der Waals surface area contributed by atoms with Gasteiger partial charge in [-0.25, -0.2) is 0 Å². The van der Waals surface area contributed by atoms with Crippen molar-refractivity contribution < 1.29 is 9.90 Å². The summed E-state index contributed by atoms with van der Waals surface area (Å²) in [6.45, 7) is 11.1. The summed E-state index contributed by atoms with van der Waals surface area (Å²) in [6.07, 6.45) is 15.6. The Hall–Kier alpha value is -1.87. The van der Waals surface area contributed by atoms with Crippen LogP contribution in [0.5, 0.6) is 0 Å². The molecule has 0 radical (unpaired) electrons. The molecule has 0 aromatic rings. The van der Waals surface area contributed by atoms with Crippen LogP contribution in [0.3, 0.4) is 0 Å². The van der Waals surface area contributed by atoms with Crippen LogP contribution in [0.15, 0.2) is 58.7 Å². The third-order valence-electron chi connectivity index (χ3n) is 4.54. The number of hydrogen-bond acceptors (Lipinski definition) is 2. The van der Waals surface area contributed by atoms with Gasteiger partial charge in [-0.3, -0.25) is 4.79 Å². The summed E-state index contributed by atoms with van der Waals surface area (Å²) >= 11 is 0. The number of carbonyl (C=O) groups is 1. The second-order valence-corrected chi connectivity index (χ2v) is 7.44. The van der Waals surface area contributed by atoms with Gasteiger partial charge in [0, 0.05) is 12.6 Å². The van der Waals surface area contributed by atoms with Crippen LogP contribution in [0.2, 0.25) is 0 Å². The quantitative estimate of drug-likeness (QED) is 0.523. The van der Waals surface area contributed by atoms with Crippen molar-refractivity contribution in [3.63, 3.8) is 0 Å². The summed E-state index contributed by atoms with van der Waals surface area (Å²) in [5.74, 6) is -0.182. The van der Waals surface area contributed by atoms with Gasteiger partial charge >= 0.3 is 0 Å². The Labute approximate surface area is 152 Å². The third kappa shape index (κ3) is 7.70. The Morgan fingerprint density at radius 3 is 2.60 bits per heavy atom. The van der Waals surface area contributed by atoms with Gasteiger partial charge in [0.2, 0.25) is 5.91 Å². The van der Waals surface area contributed by atoms with Crippen molar-refractivity contribution in [2.24, 2.45) is 5.41 Å². The minimum Gasteiger partial charge on any atom is -0.395 e. The zero-order valence-electron chi connectivity index (χ0n) is 16.4. The molecule has 0 spiro atoms. The molecule has 2 N–H and O–H groups in total. The molecule has 1 aliphatic rings. The molecule has 0 heterocycles. The van der Waals surface area contributed by atoms with Crippen LogP contribution in [0.4, 0.5) is 0 Å². The van der Waals surface area contributed by atoms with E-state index in [4.69, 9.17) is 5.11 Å². The van der Waals surface area contributed by atoms with Crippen LogP contribution in [-0.4, -0.2) is 24.2 Å². The van der Waals surface area contributed by atoms with E-state index in [1.165, 1.54) is 42.1 Å². The molecule has 0 aromatic carbocycles. The van der Waals surface area contributed by atoms with E-state index < -0.39 is 0 Å². The van der Waals surface area contributed by atoms with Crippen LogP contribution < -0.4 is 5.32 Å². The highest BCUT2D eigenvalue weighted by Crippen LogP contribution is 2.40. The molecular weight excluding hydrogens is 310 g/mol. The van der Waals surface area contributed by atoms with Gasteiger partial charge in [-0.05, 0) is 56.6 Å². The highest BCUT2D eigenvalue weighted by molar-refractivity contribution is 5.88. The molecule has 0 unspecified atom stereocenters. The number of nitrogens with one attached hydrogen (secondary N) is 1. The average molecular weight is 344 g/mol. The maximum Gasteiger partial charge on any atom is 0.244 e. The maximum absolute atomic E-state index is 11.5. The van der Waals surface area contributed by atoms with Gasteiger partial charge in [-0.1, -0.05) is 55.4 Å². The monoisotopic (exact) mass is 343 g/mol. The SMILES string of the molecule is CC1=C(/C=C/C(C)=C\C=C\C(C)=C\C(=O)NCCO)C(C)(C)CCC1. The predicted octanol–water partition coefficient (Wildman–Crippen LogP) is 4.63. The Bertz CT molecular complexity index is 616. The molecule has 25 heavy (non-hydrogen) atoms. The molecule has 0 aliphatic heterocycles. The minimum atomic E-state index is -0.182. The average Bonchev–Trinajstić information content (AvgIpc) is 2.51. The number of aliphatic hydroxyl groups excluding tert-OH is 1. The molecule has 0 saturated heterocycles. The lowest BCUT2D eigenvalue weighted by molar-refractivity contribution is -0.116. The first kappa shape index (κ1) is 21.2. The van der Waals surface area contributed by atoms with Gasteiger partial charge in [-0.15, -0.1) is 0 Å². The lowest BCUT2D eigenvalue weighted by Crippen LogP contribution is -2.24. The fraction of sp³-hybridized carbons (Fsp3) is 0.500. The fourth-order valence-electron chi connectivity index (χ4n) is 3.12. The van der Waals surface area contributed by atoms with Crippen molar-refractivity contribution in [2.45, 2.75) is 53.9 Å². The standard InChI is InChI=1S/C22H33NO2/c1-17(8-6-9-18(2)16-21(25)23-14-15-24)11-12-20-19(3)10-7-13-22(20,4)5/h6,8-9,11-12,16,24H,7,10,13-15H2,1-5H3,(H,23,25)/b9-6+,12-11+,17-8-,18-16+. The van der Waals surface area contributed by atoms with Crippen LogP contribution >= 0.6 is 0 Å². The molecule has 1 amide bonds. The minimum absolute atomic E-state index is 0.0462. The van der Waals surface area contributed by atoms with E-state index in [1.807, 2.05) is 25.2 Å². The molecule has 3 nitrogen and oxygen atoms in total. The molecule has 1 rings (SSSR count). The highest BCUT2D eigenvalue weighted by Gasteiger charge is 2.26. The predicted molar refractivity (Wildman–Crippen MR) is 106 cm³/mol. The van der Waals surface area contributed by atoms with Gasteiger partial charge in [0.1, 0.15) is 0 Å². The number of allylic oxidation sites excluding steroid dienone is 9. The van der Waals surface area contributed by atoms with Crippen molar-refractivity contribution >= 4 is 5.91 Å². The highest BCUT2D eigenvalue weighted by atomic mass is 16.3. The van der Waals surface area contributed by atoms with E-state index in [-0.39, 0.29) is 24.5 Å². The van der Waals surface area contributed by atoms with Gasteiger partial charge in [0.05, 0.1) is 6.61 Å². The summed E-state index contributed by atoms with van der Waals surface area (Å²) in [4.78, 5) is 11.5. The first-order chi connectivity index (χ1) is 11.8. The number of aliphatic hydroxyl groups is 1. The lowest BCUT2D eigenvalue weighted by atomic mass is 9.72. The van der Waals surface area contributed by atoms with Gasteiger partial charge in [0.15, 0.2) is 0 Å². The number of hydrogen-bond donors (Lipinski definition) is 2. The van der Waals surface area contributed by atoms with Crippen LogP contribution in [0.25, 0.3) is 0 Å². The van der Waals surface area contributed by atoms with E-state index in [2.05, 4.69) is 45.2 Å². The van der Waals surface area contributed by atoms with E-state index in [9.17, 15) is 4.79 Å². The van der Waals surface area contributed by atoms with Crippen LogP contribution in [0.1, 0.15) is 53.9 Å². The third-order valence-corrected chi connectivity index (χ3v) is 4.54. The normalized spacial score (nSPS) is 19.1. The summed E-state index contributed by atoms with van der Waals surface area (Å²) < 4.78 is 0. The molecule has 0 aromatic heterocycles. The van der Waals surface area contributed by atoms with E-state index in [1.54, 1.807) is 0 Å². The van der Waals surface area contributed by atoms with Gasteiger partial charge in [-0.2, -0.15) is 0 Å². The second kappa shape index (κ2) is 10.2. The molecule has 3 heteroatoms. The van der Waals surface area contributed by atoms with Crippen molar-refractivity contribution in [2.75, 3.05) is 13.2 Å². The Morgan fingerprint density at radius 1 is 1.24 bits per heavy atom. The molecule has 138 valence electrons. The molecule has 0 bridgehead atoms. The summed E-state index contributed by atoms with van der Waals surface area (Å²) in [6, 6.07) is 0. The van der Waals surface area contributed by atoms with Gasteiger partial charge < -0.3 is 10.4 Å². The van der Waals surface area contributed by atoms with Crippen LogP contribution in [0, 0.1) is 5.41 Å². The van der Waals surface area contributed by atoms with E-state index in [0.717, 1.165) is 5.57 Å². The summed E-state index contributed by atoms with van der Waals surface area (Å²) in [5, 5.41) is 11.3. The zero-order chi connectivity index (χ0) is 18.9. The summed E-state index contributed by atoms with van der Waals surface area (Å²) in [5.41, 5.74) is 5.28. The van der Waals surface area contributed by atoms with E-state index >= 15 is 0 Å². The number of rotatable bonds is 7. The second-order valence-electron chi connectivity index (χ2n) is 7.44. The number of amides is 1. The molecule has 0 fully saturated rings. The first-order valence-electron chi connectivity index (χ1n) is 9.06. The van der Waals surface area contributed by atoms with Gasteiger partial charge in [0.25, 0.3) is 0 Å².